The lowest BCUT2D eigenvalue weighted by atomic mass is 10.2. The summed E-state index contributed by atoms with van der Waals surface area (Å²) in [6.45, 7) is 7.37. The van der Waals surface area contributed by atoms with Crippen molar-refractivity contribution in [2.45, 2.75) is 39.7 Å². The van der Waals surface area contributed by atoms with Crippen LogP contribution in [0.3, 0.4) is 0 Å². The minimum absolute atomic E-state index is 0.442. The van der Waals surface area contributed by atoms with E-state index in [1.807, 2.05) is 11.8 Å². The zero-order chi connectivity index (χ0) is 15.2. The monoisotopic (exact) mass is 324 g/mol. The van der Waals surface area contributed by atoms with Crippen molar-refractivity contribution in [2.75, 3.05) is 29.2 Å². The molecule has 1 atom stereocenters. The fourth-order valence-electron chi connectivity index (χ4n) is 2.12. The van der Waals surface area contributed by atoms with Gasteiger partial charge in [0.25, 0.3) is 0 Å². The second-order valence-electron chi connectivity index (χ2n) is 5.10. The molecule has 2 heterocycles. The Labute approximate surface area is 135 Å². The molecular formula is C15H24N4S2. The van der Waals surface area contributed by atoms with Gasteiger partial charge in [-0.05, 0) is 32.1 Å². The average molecular weight is 325 g/mol. The fourth-order valence-corrected chi connectivity index (χ4v) is 3.72. The molecule has 2 rings (SSSR count). The van der Waals surface area contributed by atoms with Crippen LogP contribution in [0.25, 0.3) is 10.2 Å². The van der Waals surface area contributed by atoms with Crippen LogP contribution in [0.4, 0.5) is 11.8 Å². The molecule has 6 heteroatoms. The van der Waals surface area contributed by atoms with Crippen molar-refractivity contribution in [1.29, 1.82) is 0 Å². The summed E-state index contributed by atoms with van der Waals surface area (Å²) >= 11 is 3.59. The Bertz CT molecular complexity index is 582. The number of fused-ring (bicyclic) bond motifs is 1. The van der Waals surface area contributed by atoms with Gasteiger partial charge in [0.15, 0.2) is 0 Å². The third-order valence-corrected chi connectivity index (χ3v) is 4.93. The van der Waals surface area contributed by atoms with Gasteiger partial charge in [-0.1, -0.05) is 13.8 Å². The van der Waals surface area contributed by atoms with E-state index in [1.54, 1.807) is 11.3 Å². The Morgan fingerprint density at radius 2 is 2.14 bits per heavy atom. The molecule has 0 bridgehead atoms. The normalized spacial score (nSPS) is 12.6. The molecular weight excluding hydrogens is 300 g/mol. The highest BCUT2D eigenvalue weighted by molar-refractivity contribution is 7.98. The molecule has 0 radical (unpaired) electrons. The van der Waals surface area contributed by atoms with Gasteiger partial charge in [0.2, 0.25) is 5.95 Å². The molecule has 0 saturated carbocycles. The first-order chi connectivity index (χ1) is 10.2. The van der Waals surface area contributed by atoms with Gasteiger partial charge in [-0.25, -0.2) is 4.98 Å². The lowest BCUT2D eigenvalue weighted by Crippen LogP contribution is -2.22. The standard InChI is InChI=1S/C15H24N4S2/c1-5-7-16-15-18-13(17-11(6-2)9-20-4)12-8-10(3)21-14(12)19-15/h8,11H,5-7,9H2,1-4H3,(H2,16,17,18,19). The van der Waals surface area contributed by atoms with E-state index in [0.29, 0.717) is 6.04 Å². The van der Waals surface area contributed by atoms with Crippen LogP contribution >= 0.6 is 23.1 Å². The van der Waals surface area contributed by atoms with Crippen LogP contribution in [0.15, 0.2) is 6.07 Å². The Morgan fingerprint density at radius 1 is 1.33 bits per heavy atom. The minimum Gasteiger partial charge on any atom is -0.366 e. The first kappa shape index (κ1) is 16.4. The molecule has 0 aromatic carbocycles. The Kier molecular flexibility index (Phi) is 6.11. The molecule has 0 fully saturated rings. The predicted octanol–water partition coefficient (Wildman–Crippen LogP) is 4.38. The van der Waals surface area contributed by atoms with Crippen LogP contribution in [0.5, 0.6) is 0 Å². The number of nitrogens with zero attached hydrogens (tertiary/aromatic N) is 2. The largest absolute Gasteiger partial charge is 0.366 e. The molecule has 4 nitrogen and oxygen atoms in total. The summed E-state index contributed by atoms with van der Waals surface area (Å²) in [7, 11) is 0. The molecule has 0 saturated heterocycles. The number of aromatic nitrogens is 2. The second kappa shape index (κ2) is 7.84. The van der Waals surface area contributed by atoms with Gasteiger partial charge in [0.05, 0.1) is 5.39 Å². The number of rotatable bonds is 8. The Balaban J connectivity index is 2.33. The highest BCUT2D eigenvalue weighted by atomic mass is 32.2. The number of thiophene rings is 1. The number of aryl methyl sites for hydroxylation is 1. The molecule has 2 aromatic rings. The molecule has 0 aliphatic heterocycles. The van der Waals surface area contributed by atoms with Gasteiger partial charge in [-0.3, -0.25) is 0 Å². The van der Waals surface area contributed by atoms with E-state index in [2.05, 4.69) is 53.7 Å². The van der Waals surface area contributed by atoms with Gasteiger partial charge >= 0.3 is 0 Å². The fraction of sp³-hybridized carbons (Fsp3) is 0.600. The van der Waals surface area contributed by atoms with E-state index in [-0.39, 0.29) is 0 Å². The van der Waals surface area contributed by atoms with E-state index in [1.165, 1.54) is 4.88 Å². The molecule has 2 aromatic heterocycles. The lowest BCUT2D eigenvalue weighted by molar-refractivity contribution is 0.771. The summed E-state index contributed by atoms with van der Waals surface area (Å²) in [6.07, 6.45) is 4.30. The van der Waals surface area contributed by atoms with E-state index < -0.39 is 0 Å². The van der Waals surface area contributed by atoms with E-state index in [9.17, 15) is 0 Å². The third-order valence-electron chi connectivity index (χ3n) is 3.25. The Morgan fingerprint density at radius 3 is 2.81 bits per heavy atom. The maximum Gasteiger partial charge on any atom is 0.226 e. The summed E-state index contributed by atoms with van der Waals surface area (Å²) in [4.78, 5) is 11.6. The topological polar surface area (TPSA) is 49.8 Å². The highest BCUT2D eigenvalue weighted by Gasteiger charge is 2.13. The van der Waals surface area contributed by atoms with Crippen LogP contribution < -0.4 is 10.6 Å². The summed E-state index contributed by atoms with van der Waals surface area (Å²) in [6, 6.07) is 2.62. The molecule has 0 spiro atoms. The predicted molar refractivity (Wildman–Crippen MR) is 97.0 cm³/mol. The smallest absolute Gasteiger partial charge is 0.226 e. The van der Waals surface area contributed by atoms with E-state index in [4.69, 9.17) is 0 Å². The molecule has 2 N–H and O–H groups in total. The Hall–Kier alpha value is -1.01. The van der Waals surface area contributed by atoms with Crippen molar-refractivity contribution in [3.63, 3.8) is 0 Å². The second-order valence-corrected chi connectivity index (χ2v) is 7.25. The summed E-state index contributed by atoms with van der Waals surface area (Å²) in [5.74, 6) is 2.78. The average Bonchev–Trinajstić information content (AvgIpc) is 2.85. The highest BCUT2D eigenvalue weighted by Crippen LogP contribution is 2.30. The van der Waals surface area contributed by atoms with Crippen molar-refractivity contribution >= 4 is 45.1 Å². The van der Waals surface area contributed by atoms with Gasteiger partial charge < -0.3 is 10.6 Å². The van der Waals surface area contributed by atoms with Crippen molar-refractivity contribution in [1.82, 2.24) is 9.97 Å². The van der Waals surface area contributed by atoms with Crippen molar-refractivity contribution in [3.8, 4) is 0 Å². The van der Waals surface area contributed by atoms with Crippen LogP contribution in [0.2, 0.25) is 0 Å². The van der Waals surface area contributed by atoms with Crippen molar-refractivity contribution in [3.05, 3.63) is 10.9 Å². The molecule has 116 valence electrons. The van der Waals surface area contributed by atoms with Crippen LogP contribution in [-0.2, 0) is 0 Å². The van der Waals surface area contributed by atoms with Gasteiger partial charge in [0, 0.05) is 23.2 Å². The first-order valence-corrected chi connectivity index (χ1v) is 9.66. The van der Waals surface area contributed by atoms with Crippen LogP contribution in [0, 0.1) is 6.92 Å². The summed E-state index contributed by atoms with van der Waals surface area (Å²) in [5, 5.41) is 8.03. The maximum absolute atomic E-state index is 4.69. The zero-order valence-electron chi connectivity index (χ0n) is 13.2. The van der Waals surface area contributed by atoms with Gasteiger partial charge in [-0.2, -0.15) is 16.7 Å². The molecule has 0 aliphatic carbocycles. The first-order valence-electron chi connectivity index (χ1n) is 7.45. The van der Waals surface area contributed by atoms with Crippen molar-refractivity contribution < 1.29 is 0 Å². The number of nitrogens with one attached hydrogen (secondary N) is 2. The molecule has 0 aliphatic rings. The number of anilines is 2. The van der Waals surface area contributed by atoms with Crippen LogP contribution in [-0.4, -0.2) is 34.6 Å². The molecule has 21 heavy (non-hydrogen) atoms. The molecule has 0 amide bonds. The van der Waals surface area contributed by atoms with Gasteiger partial charge in [-0.15, -0.1) is 11.3 Å². The van der Waals surface area contributed by atoms with Gasteiger partial charge in [0.1, 0.15) is 10.6 Å². The minimum atomic E-state index is 0.442. The third kappa shape index (κ3) is 4.23. The van der Waals surface area contributed by atoms with Crippen LogP contribution in [0.1, 0.15) is 31.6 Å². The number of thioether (sulfide) groups is 1. The molecule has 1 unspecified atom stereocenters. The zero-order valence-corrected chi connectivity index (χ0v) is 14.8. The maximum atomic E-state index is 4.69. The number of hydrogen-bond donors (Lipinski definition) is 2. The van der Waals surface area contributed by atoms with E-state index >= 15 is 0 Å². The quantitative estimate of drug-likeness (QED) is 0.755. The summed E-state index contributed by atoms with van der Waals surface area (Å²) in [5.41, 5.74) is 0. The van der Waals surface area contributed by atoms with Crippen molar-refractivity contribution in [2.24, 2.45) is 0 Å². The van der Waals surface area contributed by atoms with E-state index in [0.717, 1.165) is 47.1 Å². The number of hydrogen-bond acceptors (Lipinski definition) is 6. The lowest BCUT2D eigenvalue weighted by Gasteiger charge is -2.17. The SMILES string of the molecule is CCCNc1nc(NC(CC)CSC)c2cc(C)sc2n1. The summed E-state index contributed by atoms with van der Waals surface area (Å²) < 4.78 is 0.